The van der Waals surface area contributed by atoms with Crippen LogP contribution in [0.1, 0.15) is 11.1 Å². The lowest BCUT2D eigenvalue weighted by atomic mass is 10.1. The molecule has 0 aliphatic rings. The fourth-order valence-electron chi connectivity index (χ4n) is 2.62. The molecule has 0 saturated heterocycles. The molecule has 8 nitrogen and oxygen atoms in total. The standard InChI is InChI=1S/C18H16N4O4/c1-11-7-15(16(22(25)26)8-12(11)2)20-17(23)9-21-10-19-14-6-4-3-5-13(14)18(21)24/h3-8,10H,9H2,1-2H3,(H,20,23). The third-order valence-electron chi connectivity index (χ3n) is 4.13. The summed E-state index contributed by atoms with van der Waals surface area (Å²) in [6.07, 6.45) is 1.29. The summed E-state index contributed by atoms with van der Waals surface area (Å²) in [6, 6.07) is 9.78. The van der Waals surface area contributed by atoms with Gasteiger partial charge in [0, 0.05) is 6.07 Å². The molecule has 1 amide bonds. The topological polar surface area (TPSA) is 107 Å². The Bertz CT molecular complexity index is 1090. The molecule has 1 heterocycles. The number of nitro benzene ring substituents is 1. The van der Waals surface area contributed by atoms with Gasteiger partial charge < -0.3 is 5.32 Å². The maximum Gasteiger partial charge on any atom is 0.293 e. The average Bonchev–Trinajstić information content (AvgIpc) is 2.60. The zero-order chi connectivity index (χ0) is 18.8. The quantitative estimate of drug-likeness (QED) is 0.573. The van der Waals surface area contributed by atoms with E-state index < -0.39 is 10.8 Å². The van der Waals surface area contributed by atoms with Crippen LogP contribution in [0.3, 0.4) is 0 Å². The van der Waals surface area contributed by atoms with Crippen LogP contribution in [0.4, 0.5) is 11.4 Å². The first-order valence-corrected chi connectivity index (χ1v) is 7.86. The molecule has 3 aromatic rings. The van der Waals surface area contributed by atoms with Gasteiger partial charge in [0.15, 0.2) is 0 Å². The number of benzene rings is 2. The average molecular weight is 352 g/mol. The smallest absolute Gasteiger partial charge is 0.293 e. The molecule has 0 radical (unpaired) electrons. The molecule has 0 saturated carbocycles. The Morgan fingerprint density at radius 2 is 1.92 bits per heavy atom. The number of amides is 1. The SMILES string of the molecule is Cc1cc(NC(=O)Cn2cnc3ccccc3c2=O)c([N+](=O)[O-])cc1C. The van der Waals surface area contributed by atoms with Crippen molar-refractivity contribution in [2.24, 2.45) is 0 Å². The molecule has 132 valence electrons. The van der Waals surface area contributed by atoms with Gasteiger partial charge >= 0.3 is 0 Å². The first-order valence-electron chi connectivity index (χ1n) is 7.86. The van der Waals surface area contributed by atoms with Crippen molar-refractivity contribution in [1.82, 2.24) is 9.55 Å². The molecule has 0 bridgehead atoms. The summed E-state index contributed by atoms with van der Waals surface area (Å²) in [7, 11) is 0. The number of nitrogens with one attached hydrogen (secondary N) is 1. The summed E-state index contributed by atoms with van der Waals surface area (Å²) < 4.78 is 1.17. The number of anilines is 1. The molecule has 0 unspecified atom stereocenters. The first kappa shape index (κ1) is 17.3. The van der Waals surface area contributed by atoms with E-state index in [9.17, 15) is 19.7 Å². The largest absolute Gasteiger partial charge is 0.319 e. The molecule has 3 rings (SSSR count). The number of carbonyl (C=O) groups is 1. The third kappa shape index (κ3) is 3.30. The molecule has 2 aromatic carbocycles. The van der Waals surface area contributed by atoms with Gasteiger partial charge in [-0.25, -0.2) is 4.98 Å². The van der Waals surface area contributed by atoms with E-state index in [1.165, 1.54) is 17.0 Å². The second-order valence-corrected chi connectivity index (χ2v) is 5.95. The van der Waals surface area contributed by atoms with E-state index in [4.69, 9.17) is 0 Å². The number of rotatable bonds is 4. The second-order valence-electron chi connectivity index (χ2n) is 5.95. The first-order chi connectivity index (χ1) is 12.4. The van der Waals surface area contributed by atoms with Crippen LogP contribution in [0.15, 0.2) is 47.5 Å². The van der Waals surface area contributed by atoms with E-state index in [2.05, 4.69) is 10.3 Å². The van der Waals surface area contributed by atoms with Crippen LogP contribution in [0.5, 0.6) is 0 Å². The normalized spacial score (nSPS) is 10.7. The van der Waals surface area contributed by atoms with Crippen LogP contribution in [0.25, 0.3) is 10.9 Å². The van der Waals surface area contributed by atoms with Crippen LogP contribution in [-0.4, -0.2) is 20.4 Å². The van der Waals surface area contributed by atoms with E-state index in [1.54, 1.807) is 44.2 Å². The van der Waals surface area contributed by atoms with Gasteiger partial charge in [-0.15, -0.1) is 0 Å². The minimum atomic E-state index is -0.550. The van der Waals surface area contributed by atoms with Crippen molar-refractivity contribution in [2.75, 3.05) is 5.32 Å². The number of nitrogens with zero attached hydrogens (tertiary/aromatic N) is 3. The molecule has 0 aliphatic carbocycles. The summed E-state index contributed by atoms with van der Waals surface area (Å²) in [4.78, 5) is 39.6. The van der Waals surface area contributed by atoms with Crippen LogP contribution in [-0.2, 0) is 11.3 Å². The van der Waals surface area contributed by atoms with Gasteiger partial charge in [-0.3, -0.25) is 24.3 Å². The lowest BCUT2D eigenvalue weighted by Gasteiger charge is -2.10. The highest BCUT2D eigenvalue weighted by atomic mass is 16.6. The number of fused-ring (bicyclic) bond motifs is 1. The van der Waals surface area contributed by atoms with Gasteiger partial charge in [-0.05, 0) is 43.2 Å². The highest BCUT2D eigenvalue weighted by molar-refractivity contribution is 5.93. The molecular weight excluding hydrogens is 336 g/mol. The Labute approximate surface area is 148 Å². The van der Waals surface area contributed by atoms with Crippen molar-refractivity contribution >= 4 is 28.2 Å². The Morgan fingerprint density at radius 1 is 1.23 bits per heavy atom. The highest BCUT2D eigenvalue weighted by Gasteiger charge is 2.18. The van der Waals surface area contributed by atoms with Crippen molar-refractivity contribution in [3.63, 3.8) is 0 Å². The van der Waals surface area contributed by atoms with Crippen molar-refractivity contribution < 1.29 is 9.72 Å². The van der Waals surface area contributed by atoms with Crippen LogP contribution >= 0.6 is 0 Å². The minimum absolute atomic E-state index is 0.102. The Morgan fingerprint density at radius 3 is 2.65 bits per heavy atom. The van der Waals surface area contributed by atoms with E-state index in [1.807, 2.05) is 0 Å². The number of hydrogen-bond acceptors (Lipinski definition) is 5. The number of hydrogen-bond donors (Lipinski definition) is 1. The van der Waals surface area contributed by atoms with Crippen molar-refractivity contribution in [3.05, 3.63) is 74.3 Å². The Hall–Kier alpha value is -3.55. The minimum Gasteiger partial charge on any atom is -0.319 e. The third-order valence-corrected chi connectivity index (χ3v) is 4.13. The molecule has 1 N–H and O–H groups in total. The molecule has 0 spiro atoms. The predicted octanol–water partition coefficient (Wildman–Crippen LogP) is 2.56. The Kier molecular flexibility index (Phi) is 4.49. The zero-order valence-corrected chi connectivity index (χ0v) is 14.2. The van der Waals surface area contributed by atoms with Crippen molar-refractivity contribution in [1.29, 1.82) is 0 Å². The van der Waals surface area contributed by atoms with E-state index in [-0.39, 0.29) is 23.5 Å². The monoisotopic (exact) mass is 352 g/mol. The summed E-state index contributed by atoms with van der Waals surface area (Å²) >= 11 is 0. The van der Waals surface area contributed by atoms with E-state index >= 15 is 0 Å². The molecule has 1 aromatic heterocycles. The van der Waals surface area contributed by atoms with E-state index in [0.717, 1.165) is 11.1 Å². The molecule has 8 heteroatoms. The fourth-order valence-corrected chi connectivity index (χ4v) is 2.62. The maximum absolute atomic E-state index is 12.4. The molecule has 0 aliphatic heterocycles. The van der Waals surface area contributed by atoms with Gasteiger partial charge in [0.25, 0.3) is 11.2 Å². The van der Waals surface area contributed by atoms with Gasteiger partial charge in [-0.2, -0.15) is 0 Å². The summed E-state index contributed by atoms with van der Waals surface area (Å²) in [5, 5.41) is 14.1. The van der Waals surface area contributed by atoms with Crippen LogP contribution in [0, 0.1) is 24.0 Å². The van der Waals surface area contributed by atoms with Gasteiger partial charge in [0.2, 0.25) is 5.91 Å². The Balaban J connectivity index is 1.89. The van der Waals surface area contributed by atoms with Crippen LogP contribution < -0.4 is 10.9 Å². The van der Waals surface area contributed by atoms with Crippen LogP contribution in [0.2, 0.25) is 0 Å². The lowest BCUT2D eigenvalue weighted by Crippen LogP contribution is -2.28. The summed E-state index contributed by atoms with van der Waals surface area (Å²) in [5.74, 6) is -0.546. The predicted molar refractivity (Wildman–Crippen MR) is 97.2 cm³/mol. The summed E-state index contributed by atoms with van der Waals surface area (Å²) in [5.41, 5.74) is 1.68. The van der Waals surface area contributed by atoms with Gasteiger partial charge in [0.05, 0.1) is 22.2 Å². The number of aromatic nitrogens is 2. The number of nitro groups is 1. The number of carbonyl (C=O) groups excluding carboxylic acids is 1. The maximum atomic E-state index is 12.4. The summed E-state index contributed by atoms with van der Waals surface area (Å²) in [6.45, 7) is 3.27. The van der Waals surface area contributed by atoms with E-state index in [0.29, 0.717) is 10.9 Å². The van der Waals surface area contributed by atoms with Crippen molar-refractivity contribution in [3.8, 4) is 0 Å². The fraction of sp³-hybridized carbons (Fsp3) is 0.167. The second kappa shape index (κ2) is 6.75. The molecular formula is C18H16N4O4. The van der Waals surface area contributed by atoms with Gasteiger partial charge in [0.1, 0.15) is 12.2 Å². The molecule has 26 heavy (non-hydrogen) atoms. The molecule has 0 atom stereocenters. The number of para-hydroxylation sites is 1. The number of aryl methyl sites for hydroxylation is 2. The van der Waals surface area contributed by atoms with Crippen molar-refractivity contribution in [2.45, 2.75) is 20.4 Å². The van der Waals surface area contributed by atoms with Gasteiger partial charge in [-0.1, -0.05) is 12.1 Å². The highest BCUT2D eigenvalue weighted by Crippen LogP contribution is 2.27. The lowest BCUT2D eigenvalue weighted by molar-refractivity contribution is -0.384. The zero-order valence-electron chi connectivity index (χ0n) is 14.2. The molecule has 0 fully saturated rings.